The third kappa shape index (κ3) is 6.58. The predicted octanol–water partition coefficient (Wildman–Crippen LogP) is 5.77. The number of hydrogen-bond donors (Lipinski definition) is 3. The molecule has 0 aliphatic carbocycles. The van der Waals surface area contributed by atoms with E-state index >= 15 is 0 Å². The van der Waals surface area contributed by atoms with Crippen LogP contribution in [-0.4, -0.2) is 48.8 Å². The van der Waals surface area contributed by atoms with Gasteiger partial charge in [-0.05, 0) is 104 Å². The second kappa shape index (κ2) is 12.6. The highest BCUT2D eigenvalue weighted by Gasteiger charge is 2.17. The Morgan fingerprint density at radius 1 is 0.690 bits per heavy atom. The average molecular weight is 565 g/mol. The number of carbonyl (C=O) groups excluding carboxylic acids is 4. The lowest BCUT2D eigenvalue weighted by molar-refractivity contribution is 0.0594. The predicted molar refractivity (Wildman–Crippen MR) is 161 cm³/mol. The van der Waals surface area contributed by atoms with Crippen molar-refractivity contribution in [3.63, 3.8) is 0 Å². The standard InChI is InChI=1S/C33H32N4O5/c1-21-17-19-37(20-18-21)27-13-7-24(8-14-27)31(39)34-25-9-3-22(4-10-25)30(38)23-5-11-26(12-6-23)35-32(40)28-15-16-29(36-28)33(41)42-2/h3-16,21,36H,17-20H2,1-2H3,(H,34,39)(H,35,40). The monoisotopic (exact) mass is 564 g/mol. The van der Waals surface area contributed by atoms with Gasteiger partial charge >= 0.3 is 5.97 Å². The molecule has 0 atom stereocenters. The minimum absolute atomic E-state index is 0.172. The first-order chi connectivity index (χ1) is 20.3. The van der Waals surface area contributed by atoms with E-state index in [9.17, 15) is 19.2 Å². The third-order valence-electron chi connectivity index (χ3n) is 7.42. The molecule has 42 heavy (non-hydrogen) atoms. The van der Waals surface area contributed by atoms with Crippen molar-refractivity contribution >= 4 is 40.6 Å². The number of benzene rings is 3. The molecule has 0 bridgehead atoms. The van der Waals surface area contributed by atoms with E-state index in [4.69, 9.17) is 0 Å². The van der Waals surface area contributed by atoms with E-state index in [0.29, 0.717) is 28.1 Å². The second-order valence-corrected chi connectivity index (χ2v) is 10.4. The van der Waals surface area contributed by atoms with Crippen molar-refractivity contribution in [2.24, 2.45) is 5.92 Å². The van der Waals surface area contributed by atoms with Crippen LogP contribution in [-0.2, 0) is 4.74 Å². The zero-order chi connectivity index (χ0) is 29.6. The number of rotatable bonds is 8. The SMILES string of the molecule is COC(=O)c1ccc(C(=O)Nc2ccc(C(=O)c3ccc(NC(=O)c4ccc(N5CCC(C)CC5)cc4)cc3)cc2)[nH]1. The molecule has 1 fully saturated rings. The molecule has 0 unspecified atom stereocenters. The highest BCUT2D eigenvalue weighted by atomic mass is 16.5. The highest BCUT2D eigenvalue weighted by Crippen LogP contribution is 2.24. The maximum absolute atomic E-state index is 13.0. The molecule has 2 heterocycles. The fraction of sp³-hybridized carbons (Fsp3) is 0.212. The molecule has 214 valence electrons. The van der Waals surface area contributed by atoms with Crippen molar-refractivity contribution in [1.82, 2.24) is 4.98 Å². The summed E-state index contributed by atoms with van der Waals surface area (Å²) < 4.78 is 4.63. The maximum atomic E-state index is 13.0. The number of hydrogen-bond acceptors (Lipinski definition) is 6. The number of carbonyl (C=O) groups is 4. The van der Waals surface area contributed by atoms with E-state index in [2.05, 4.69) is 32.2 Å². The van der Waals surface area contributed by atoms with Gasteiger partial charge in [0.05, 0.1) is 7.11 Å². The molecule has 5 rings (SSSR count). The Morgan fingerprint density at radius 2 is 1.19 bits per heavy atom. The van der Waals surface area contributed by atoms with E-state index in [0.717, 1.165) is 24.7 Å². The van der Waals surface area contributed by atoms with Crippen molar-refractivity contribution in [2.75, 3.05) is 35.7 Å². The average Bonchev–Trinajstić information content (AvgIpc) is 3.52. The summed E-state index contributed by atoms with van der Waals surface area (Å²) in [6.07, 6.45) is 2.36. The molecule has 1 aliphatic heterocycles. The quantitative estimate of drug-likeness (QED) is 0.185. The normalized spacial score (nSPS) is 13.3. The molecule has 0 saturated carbocycles. The maximum Gasteiger partial charge on any atom is 0.354 e. The molecule has 9 nitrogen and oxygen atoms in total. The summed E-state index contributed by atoms with van der Waals surface area (Å²) in [4.78, 5) is 54.9. The molecule has 0 spiro atoms. The lowest BCUT2D eigenvalue weighted by Gasteiger charge is -2.32. The first-order valence-corrected chi connectivity index (χ1v) is 13.8. The number of H-pyrrole nitrogens is 1. The van der Waals surface area contributed by atoms with Crippen LogP contribution < -0.4 is 15.5 Å². The Hall–Kier alpha value is -5.18. The molecule has 3 N–H and O–H groups in total. The van der Waals surface area contributed by atoms with Gasteiger partial charge in [-0.2, -0.15) is 0 Å². The largest absolute Gasteiger partial charge is 0.464 e. The summed E-state index contributed by atoms with van der Waals surface area (Å²) in [5, 5.41) is 5.61. The van der Waals surface area contributed by atoms with Crippen LogP contribution in [0.3, 0.4) is 0 Å². The van der Waals surface area contributed by atoms with Crippen LogP contribution in [0.5, 0.6) is 0 Å². The Bertz CT molecular complexity index is 1580. The summed E-state index contributed by atoms with van der Waals surface area (Å²) in [5.41, 5.74) is 4.05. The van der Waals surface area contributed by atoms with Crippen molar-refractivity contribution in [3.8, 4) is 0 Å². The van der Waals surface area contributed by atoms with Gasteiger partial charge in [0, 0.05) is 46.8 Å². The second-order valence-electron chi connectivity index (χ2n) is 10.4. The summed E-state index contributed by atoms with van der Waals surface area (Å²) in [5.74, 6) is -0.657. The van der Waals surface area contributed by atoms with Crippen molar-refractivity contribution in [3.05, 3.63) is 113 Å². The van der Waals surface area contributed by atoms with Crippen molar-refractivity contribution in [1.29, 1.82) is 0 Å². The number of piperidine rings is 1. The third-order valence-corrected chi connectivity index (χ3v) is 7.42. The molecule has 1 aliphatic rings. The minimum Gasteiger partial charge on any atom is -0.464 e. The highest BCUT2D eigenvalue weighted by molar-refractivity contribution is 6.10. The first kappa shape index (κ1) is 28.4. The Kier molecular flexibility index (Phi) is 8.47. The van der Waals surface area contributed by atoms with E-state index in [1.807, 2.05) is 24.3 Å². The first-order valence-electron chi connectivity index (χ1n) is 13.8. The summed E-state index contributed by atoms with van der Waals surface area (Å²) in [6, 6.07) is 23.8. The van der Waals surface area contributed by atoms with Crippen molar-refractivity contribution in [2.45, 2.75) is 19.8 Å². The number of nitrogens with one attached hydrogen (secondary N) is 3. The van der Waals surface area contributed by atoms with Crippen LogP contribution in [0, 0.1) is 5.92 Å². The van der Waals surface area contributed by atoms with Crippen LogP contribution in [0.2, 0.25) is 0 Å². The smallest absolute Gasteiger partial charge is 0.354 e. The number of aromatic amines is 1. The summed E-state index contributed by atoms with van der Waals surface area (Å²) in [7, 11) is 1.26. The van der Waals surface area contributed by atoms with Gasteiger partial charge in [0.1, 0.15) is 11.4 Å². The van der Waals surface area contributed by atoms with Crippen LogP contribution in [0.4, 0.5) is 17.1 Å². The lowest BCUT2D eigenvalue weighted by Crippen LogP contribution is -2.32. The Labute approximate surface area is 243 Å². The molecule has 9 heteroatoms. The zero-order valence-corrected chi connectivity index (χ0v) is 23.5. The Balaban J connectivity index is 1.15. The number of amides is 2. The fourth-order valence-corrected chi connectivity index (χ4v) is 4.83. The van der Waals surface area contributed by atoms with E-state index < -0.39 is 11.9 Å². The van der Waals surface area contributed by atoms with Crippen molar-refractivity contribution < 1.29 is 23.9 Å². The molecule has 0 radical (unpaired) electrons. The minimum atomic E-state index is -0.569. The van der Waals surface area contributed by atoms with Gasteiger partial charge in [0.15, 0.2) is 5.78 Å². The molecule has 4 aromatic rings. The Morgan fingerprint density at radius 3 is 1.74 bits per heavy atom. The number of aromatic nitrogens is 1. The summed E-state index contributed by atoms with van der Waals surface area (Å²) >= 11 is 0. The van der Waals surface area contributed by atoms with Crippen LogP contribution in [0.1, 0.15) is 67.0 Å². The molecule has 1 saturated heterocycles. The fourth-order valence-electron chi connectivity index (χ4n) is 4.83. The van der Waals surface area contributed by atoms with Crippen LogP contribution in [0.15, 0.2) is 84.9 Å². The van der Waals surface area contributed by atoms with E-state index in [1.54, 1.807) is 48.5 Å². The molecular weight excluding hydrogens is 532 g/mol. The molecule has 1 aromatic heterocycles. The molecule has 2 amide bonds. The number of methoxy groups -OCH3 is 1. The number of anilines is 3. The van der Waals surface area contributed by atoms with Gasteiger partial charge in [-0.1, -0.05) is 6.92 Å². The summed E-state index contributed by atoms with van der Waals surface area (Å²) in [6.45, 7) is 4.35. The lowest BCUT2D eigenvalue weighted by atomic mass is 9.98. The molecule has 3 aromatic carbocycles. The van der Waals surface area contributed by atoms with Gasteiger partial charge in [0.25, 0.3) is 11.8 Å². The van der Waals surface area contributed by atoms with E-state index in [1.165, 1.54) is 32.1 Å². The van der Waals surface area contributed by atoms with Gasteiger partial charge in [0.2, 0.25) is 0 Å². The van der Waals surface area contributed by atoms with Crippen LogP contribution in [0.25, 0.3) is 0 Å². The molecular formula is C33H32N4O5. The van der Waals surface area contributed by atoms with Gasteiger partial charge in [-0.15, -0.1) is 0 Å². The van der Waals surface area contributed by atoms with Crippen LogP contribution >= 0.6 is 0 Å². The number of ether oxygens (including phenoxy) is 1. The topological polar surface area (TPSA) is 121 Å². The number of esters is 1. The zero-order valence-electron chi connectivity index (χ0n) is 23.5. The van der Waals surface area contributed by atoms with E-state index in [-0.39, 0.29) is 23.1 Å². The number of nitrogens with zero attached hydrogens (tertiary/aromatic N) is 1. The van der Waals surface area contributed by atoms with Gasteiger partial charge in [-0.3, -0.25) is 14.4 Å². The number of ketones is 1. The van der Waals surface area contributed by atoms with Gasteiger partial charge < -0.3 is 25.3 Å². The van der Waals surface area contributed by atoms with Gasteiger partial charge in [-0.25, -0.2) is 4.79 Å².